The lowest BCUT2D eigenvalue weighted by atomic mass is 10.2. The van der Waals surface area contributed by atoms with Gasteiger partial charge in [-0.15, -0.1) is 0 Å². The van der Waals surface area contributed by atoms with Gasteiger partial charge in [0.1, 0.15) is 12.6 Å². The second-order valence-electron chi connectivity index (χ2n) is 6.31. The van der Waals surface area contributed by atoms with Gasteiger partial charge in [-0.05, 0) is 12.5 Å². The van der Waals surface area contributed by atoms with Gasteiger partial charge >= 0.3 is 30.2 Å². The molecule has 1 aromatic carbocycles. The number of amides is 2. The molecule has 1 heterocycles. The minimum atomic E-state index is -6.10. The average molecular weight is 458 g/mol. The van der Waals surface area contributed by atoms with Crippen LogP contribution in [0.5, 0.6) is 0 Å². The molecule has 1 fully saturated rings. The molecular weight excluding hydrogens is 442 g/mol. The van der Waals surface area contributed by atoms with Crippen molar-refractivity contribution in [3.63, 3.8) is 0 Å². The second kappa shape index (κ2) is 8.99. The van der Waals surface area contributed by atoms with Crippen molar-refractivity contribution >= 4 is 18.0 Å². The number of hydrogen-bond acceptors (Lipinski definition) is 6. The normalized spacial score (nSPS) is 19.3. The second-order valence-corrected chi connectivity index (χ2v) is 6.31. The minimum absolute atomic E-state index is 0.111. The smallest absolute Gasteiger partial charge is 0.445 e. The highest BCUT2D eigenvalue weighted by molar-refractivity contribution is 5.86. The van der Waals surface area contributed by atoms with E-state index in [4.69, 9.17) is 4.74 Å². The summed E-state index contributed by atoms with van der Waals surface area (Å²) in [7, 11) is 0. The van der Waals surface area contributed by atoms with E-state index in [1.165, 1.54) is 6.92 Å². The Kier molecular flexibility index (Phi) is 7.03. The summed E-state index contributed by atoms with van der Waals surface area (Å²) in [6.45, 7) is -0.000937. The van der Waals surface area contributed by atoms with Crippen molar-refractivity contribution in [2.24, 2.45) is 0 Å². The number of carbonyl (C=O) groups is 3. The van der Waals surface area contributed by atoms with Crippen LogP contribution in [-0.4, -0.2) is 54.8 Å². The zero-order valence-corrected chi connectivity index (χ0v) is 15.7. The molecule has 0 saturated carbocycles. The van der Waals surface area contributed by atoms with E-state index in [1.807, 2.05) is 5.32 Å². The predicted molar refractivity (Wildman–Crippen MR) is 88.0 cm³/mol. The van der Waals surface area contributed by atoms with Gasteiger partial charge in [0, 0.05) is 0 Å². The van der Waals surface area contributed by atoms with Crippen molar-refractivity contribution in [2.75, 3.05) is 6.54 Å². The van der Waals surface area contributed by atoms with Crippen molar-refractivity contribution in [3.8, 4) is 0 Å². The van der Waals surface area contributed by atoms with Crippen molar-refractivity contribution in [1.82, 2.24) is 10.6 Å². The molecule has 1 aliphatic heterocycles. The van der Waals surface area contributed by atoms with Gasteiger partial charge in [0.15, 0.2) is 6.10 Å². The van der Waals surface area contributed by atoms with Crippen LogP contribution in [0.1, 0.15) is 12.5 Å². The number of cyclic esters (lactones) is 1. The van der Waals surface area contributed by atoms with E-state index in [0.29, 0.717) is 5.56 Å². The van der Waals surface area contributed by atoms with Gasteiger partial charge in [0.25, 0.3) is 0 Å². The van der Waals surface area contributed by atoms with Gasteiger partial charge in [-0.25, -0.2) is 9.59 Å². The lowest BCUT2D eigenvalue weighted by molar-refractivity contribution is -0.439. The van der Waals surface area contributed by atoms with Crippen molar-refractivity contribution < 1.29 is 54.9 Å². The molecule has 0 radical (unpaired) electrons. The third kappa shape index (κ3) is 5.57. The van der Waals surface area contributed by atoms with E-state index >= 15 is 0 Å². The molecule has 2 atom stereocenters. The first-order valence-corrected chi connectivity index (χ1v) is 8.56. The number of ether oxygens (including phenoxy) is 3. The van der Waals surface area contributed by atoms with Crippen LogP contribution in [0, 0.1) is 0 Å². The molecule has 2 N–H and O–H groups in total. The quantitative estimate of drug-likeness (QED) is 0.501. The zero-order chi connectivity index (χ0) is 23.4. The van der Waals surface area contributed by atoms with Gasteiger partial charge < -0.3 is 24.8 Å². The summed E-state index contributed by atoms with van der Waals surface area (Å²) in [5.41, 5.74) is 0.657. The number of nitrogens with one attached hydrogen (secondary N) is 2. The van der Waals surface area contributed by atoms with E-state index in [0.717, 1.165) is 0 Å². The Balaban J connectivity index is 1.87. The number of rotatable bonds is 6. The Hall–Kier alpha value is -3.03. The van der Waals surface area contributed by atoms with Crippen LogP contribution in [0.4, 0.5) is 31.1 Å². The molecule has 0 aliphatic carbocycles. The molecule has 2 amide bonds. The van der Waals surface area contributed by atoms with E-state index in [2.05, 4.69) is 14.8 Å². The van der Waals surface area contributed by atoms with E-state index in [-0.39, 0.29) is 6.61 Å². The Morgan fingerprint density at radius 1 is 1.13 bits per heavy atom. The number of esters is 1. The van der Waals surface area contributed by atoms with Crippen LogP contribution >= 0.6 is 0 Å². The fourth-order valence-corrected chi connectivity index (χ4v) is 2.37. The SMILES string of the molecule is C[C@H](NC(=O)OCc1ccccc1)C(=O)NC[C@@H]1OC(C(F)(F)F)(C(F)(F)F)OC1=O. The third-order valence-electron chi connectivity index (χ3n) is 3.96. The fourth-order valence-electron chi connectivity index (χ4n) is 2.37. The molecule has 2 rings (SSSR count). The average Bonchev–Trinajstić information content (AvgIpc) is 3.03. The van der Waals surface area contributed by atoms with Crippen LogP contribution < -0.4 is 10.6 Å². The van der Waals surface area contributed by atoms with Gasteiger partial charge in [0.05, 0.1) is 6.54 Å². The van der Waals surface area contributed by atoms with Crippen LogP contribution in [0.15, 0.2) is 30.3 Å². The Bertz CT molecular complexity index is 800. The standard InChI is InChI=1S/C17H16F6N2O6/c1-9(25-14(28)29-8-10-5-3-2-4-6-10)12(26)24-7-11-13(27)31-15(30-11,16(18,19)20)17(21,22)23/h2-6,9,11H,7-8H2,1H3,(H,24,26)(H,25,28)/t9-,11-/m0/s1. The van der Waals surface area contributed by atoms with Crippen LogP contribution in [0.25, 0.3) is 0 Å². The van der Waals surface area contributed by atoms with E-state index in [1.54, 1.807) is 30.3 Å². The molecule has 0 bridgehead atoms. The largest absolute Gasteiger partial charge is 0.465 e. The number of hydrogen-bond donors (Lipinski definition) is 2. The number of halogens is 6. The molecule has 31 heavy (non-hydrogen) atoms. The van der Waals surface area contributed by atoms with Crippen molar-refractivity contribution in [3.05, 3.63) is 35.9 Å². The topological polar surface area (TPSA) is 103 Å². The van der Waals surface area contributed by atoms with Gasteiger partial charge in [-0.1, -0.05) is 30.3 Å². The molecule has 1 saturated heterocycles. The Morgan fingerprint density at radius 3 is 2.23 bits per heavy atom. The predicted octanol–water partition coefficient (Wildman–Crippen LogP) is 2.18. The van der Waals surface area contributed by atoms with Gasteiger partial charge in [-0.3, -0.25) is 4.79 Å². The monoisotopic (exact) mass is 458 g/mol. The zero-order valence-electron chi connectivity index (χ0n) is 15.7. The molecule has 1 aliphatic rings. The van der Waals surface area contributed by atoms with Crippen LogP contribution in [0.2, 0.25) is 0 Å². The third-order valence-corrected chi connectivity index (χ3v) is 3.96. The molecule has 0 spiro atoms. The van der Waals surface area contributed by atoms with E-state index < -0.39 is 54.8 Å². The molecule has 1 aromatic rings. The summed E-state index contributed by atoms with van der Waals surface area (Å²) in [6.07, 6.45) is -15.6. The highest BCUT2D eigenvalue weighted by Gasteiger charge is 2.80. The van der Waals surface area contributed by atoms with Crippen LogP contribution in [0.3, 0.4) is 0 Å². The molecular formula is C17H16F6N2O6. The fraction of sp³-hybridized carbons (Fsp3) is 0.471. The molecule has 14 heteroatoms. The van der Waals surface area contributed by atoms with Gasteiger partial charge in [-0.2, -0.15) is 26.3 Å². The molecule has 0 unspecified atom stereocenters. The molecule has 8 nitrogen and oxygen atoms in total. The minimum Gasteiger partial charge on any atom is -0.445 e. The first-order valence-electron chi connectivity index (χ1n) is 8.56. The maximum absolute atomic E-state index is 12.9. The number of alkyl halides is 6. The summed E-state index contributed by atoms with van der Waals surface area (Å²) in [6, 6.07) is 7.20. The maximum atomic E-state index is 12.9. The van der Waals surface area contributed by atoms with Gasteiger partial charge in [0.2, 0.25) is 5.91 Å². The number of alkyl carbamates (subject to hydrolysis) is 1. The summed E-state index contributed by atoms with van der Waals surface area (Å²) in [5, 5.41) is 4.02. The van der Waals surface area contributed by atoms with Crippen molar-refractivity contribution in [2.45, 2.75) is 43.8 Å². The lowest BCUT2D eigenvalue weighted by Crippen LogP contribution is -2.58. The van der Waals surface area contributed by atoms with Crippen LogP contribution in [-0.2, 0) is 30.4 Å². The maximum Gasteiger partial charge on any atom is 0.465 e. The summed E-state index contributed by atoms with van der Waals surface area (Å²) >= 11 is 0. The summed E-state index contributed by atoms with van der Waals surface area (Å²) < 4.78 is 89.3. The van der Waals surface area contributed by atoms with Crippen molar-refractivity contribution in [1.29, 1.82) is 0 Å². The highest BCUT2D eigenvalue weighted by Crippen LogP contribution is 2.50. The first kappa shape index (κ1) is 24.2. The Morgan fingerprint density at radius 2 is 1.71 bits per heavy atom. The highest BCUT2D eigenvalue weighted by atomic mass is 19.4. The molecule has 172 valence electrons. The summed E-state index contributed by atoms with van der Waals surface area (Å²) in [4.78, 5) is 35.1. The Labute approximate surface area is 170 Å². The number of benzene rings is 1. The summed E-state index contributed by atoms with van der Waals surface area (Å²) in [5.74, 6) is -8.11. The van der Waals surface area contributed by atoms with E-state index in [9.17, 15) is 40.7 Å². The first-order chi connectivity index (χ1) is 14.3. The lowest BCUT2D eigenvalue weighted by Gasteiger charge is -2.30. The molecule has 0 aromatic heterocycles. The number of carbonyl (C=O) groups excluding carboxylic acids is 3.